The molecule has 9 heteroatoms. The molecular weight excluding hydrogens is 334 g/mol. The minimum absolute atomic E-state index is 0.323. The van der Waals surface area contributed by atoms with Crippen LogP contribution in [0.5, 0.6) is 0 Å². The first-order valence-electron chi connectivity index (χ1n) is 8.11. The summed E-state index contributed by atoms with van der Waals surface area (Å²) >= 11 is 0. The fourth-order valence-corrected chi connectivity index (χ4v) is 2.42. The molecule has 26 heavy (non-hydrogen) atoms. The van der Waals surface area contributed by atoms with Gasteiger partial charge in [0.05, 0.1) is 11.1 Å². The Morgan fingerprint density at radius 2 is 1.23 bits per heavy atom. The molecule has 0 saturated heterocycles. The van der Waals surface area contributed by atoms with Crippen molar-refractivity contribution in [2.75, 3.05) is 56.4 Å². The van der Waals surface area contributed by atoms with Crippen molar-refractivity contribution in [3.8, 4) is 0 Å². The van der Waals surface area contributed by atoms with Crippen LogP contribution in [0.4, 0.5) is 0 Å². The molecule has 1 heterocycles. The molecule has 142 valence electrons. The Kier molecular flexibility index (Phi) is 7.36. The van der Waals surface area contributed by atoms with E-state index in [1.165, 1.54) is 0 Å². The molecule has 0 aromatic rings. The van der Waals surface area contributed by atoms with Crippen molar-refractivity contribution in [3.05, 3.63) is 33.7 Å². The van der Waals surface area contributed by atoms with Gasteiger partial charge in [0, 0.05) is 45.5 Å². The second kappa shape index (κ2) is 9.02. The molecule has 0 bridgehead atoms. The van der Waals surface area contributed by atoms with Crippen LogP contribution in [0, 0.1) is 10.1 Å². The predicted octanol–water partition coefficient (Wildman–Crippen LogP) is 0.0191. The smallest absolute Gasteiger partial charge is 0.301 e. The number of nitrogens with zero attached hydrogens (tertiary/aromatic N) is 7. The Bertz CT molecular complexity index is 676. The summed E-state index contributed by atoms with van der Waals surface area (Å²) in [5.74, 6) is 0. The lowest BCUT2D eigenvalue weighted by atomic mass is 9.97. The molecule has 0 aliphatic carbocycles. The number of hydrogen-bond acceptors (Lipinski definition) is 6. The van der Waals surface area contributed by atoms with Gasteiger partial charge in [0.2, 0.25) is 0 Å². The highest BCUT2D eigenvalue weighted by Gasteiger charge is 2.42. The summed E-state index contributed by atoms with van der Waals surface area (Å²) < 4.78 is 3.66. The molecule has 9 nitrogen and oxygen atoms in total. The maximum atomic E-state index is 11.9. The zero-order valence-corrected chi connectivity index (χ0v) is 16.8. The van der Waals surface area contributed by atoms with Gasteiger partial charge in [-0.1, -0.05) is 0 Å². The Morgan fingerprint density at radius 3 is 1.46 bits per heavy atom. The Balaban J connectivity index is 3.45. The first kappa shape index (κ1) is 21.2. The van der Waals surface area contributed by atoms with E-state index in [2.05, 4.69) is 10.2 Å². The third kappa shape index (κ3) is 5.91. The number of rotatable bonds is 7. The molecule has 0 aromatic carbocycles. The van der Waals surface area contributed by atoms with Crippen molar-refractivity contribution in [2.24, 2.45) is 10.2 Å². The molecule has 0 amide bonds. The molecule has 0 radical (unpaired) electrons. The van der Waals surface area contributed by atoms with Crippen LogP contribution in [0.1, 0.15) is 0 Å². The van der Waals surface area contributed by atoms with Crippen LogP contribution in [0.3, 0.4) is 0 Å². The monoisotopic (exact) mass is 363 g/mol. The maximum absolute atomic E-state index is 11.9. The van der Waals surface area contributed by atoms with E-state index in [0.717, 1.165) is 0 Å². The maximum Gasteiger partial charge on any atom is 0.301 e. The van der Waals surface area contributed by atoms with Crippen LogP contribution in [-0.4, -0.2) is 110 Å². The van der Waals surface area contributed by atoms with Gasteiger partial charge in [-0.3, -0.25) is 10.1 Å². The van der Waals surface area contributed by atoms with E-state index in [1.807, 2.05) is 75.3 Å². The van der Waals surface area contributed by atoms with Crippen molar-refractivity contribution >= 4 is 23.9 Å². The molecule has 0 N–H and O–H groups in total. The highest BCUT2D eigenvalue weighted by Crippen LogP contribution is 2.18. The van der Waals surface area contributed by atoms with Gasteiger partial charge in [0.25, 0.3) is 0 Å². The summed E-state index contributed by atoms with van der Waals surface area (Å²) in [4.78, 5) is 15.2. The van der Waals surface area contributed by atoms with Crippen LogP contribution in [0.25, 0.3) is 0 Å². The summed E-state index contributed by atoms with van der Waals surface area (Å²) in [6.07, 6.45) is 7.22. The second-order valence-electron chi connectivity index (χ2n) is 6.94. The van der Waals surface area contributed by atoms with Gasteiger partial charge in [-0.25, -0.2) is 9.15 Å². The lowest BCUT2D eigenvalue weighted by Gasteiger charge is -2.12. The standard InChI is InChI=1S/C17H29N7O2/c1-20(2)9-13(10-21(3)4)15-17(24(25)26)16(19-18-15)14(11-22(5)6)12-23(7)8/h9-12,17H,1-8H3/q+2. The molecule has 1 aliphatic rings. The van der Waals surface area contributed by atoms with Crippen molar-refractivity contribution in [2.45, 2.75) is 6.04 Å². The lowest BCUT2D eigenvalue weighted by molar-refractivity contribution is -0.483. The molecular formula is C17H29N7O2+2. The largest absolute Gasteiger partial charge is 0.383 e. The predicted molar refractivity (Wildman–Crippen MR) is 106 cm³/mol. The van der Waals surface area contributed by atoms with Crippen molar-refractivity contribution in [3.63, 3.8) is 0 Å². The second-order valence-corrected chi connectivity index (χ2v) is 6.94. The Hall–Kier alpha value is -2.84. The van der Waals surface area contributed by atoms with E-state index in [9.17, 15) is 10.1 Å². The minimum Gasteiger partial charge on any atom is -0.383 e. The summed E-state index contributed by atoms with van der Waals surface area (Å²) in [5, 5.41) is 20.2. The van der Waals surface area contributed by atoms with Crippen LogP contribution >= 0.6 is 0 Å². The Morgan fingerprint density at radius 1 is 0.885 bits per heavy atom. The van der Waals surface area contributed by atoms with Crippen LogP contribution < -0.4 is 0 Å². The minimum atomic E-state index is -1.13. The van der Waals surface area contributed by atoms with Crippen LogP contribution in [0.2, 0.25) is 0 Å². The first-order valence-corrected chi connectivity index (χ1v) is 8.11. The SMILES string of the molecule is CN(C)/C=C(/C=[N+](C)C)C1=NN=C(/C(C=[N+](C)C)=C/N(C)C)C1[N+](=O)[O-]. The zero-order valence-electron chi connectivity index (χ0n) is 16.8. The first-order chi connectivity index (χ1) is 12.0. The van der Waals surface area contributed by atoms with Crippen LogP contribution in [-0.2, 0) is 0 Å². The van der Waals surface area contributed by atoms with Crippen molar-refractivity contribution < 1.29 is 14.1 Å². The third-order valence-electron chi connectivity index (χ3n) is 3.17. The molecule has 0 saturated carbocycles. The van der Waals surface area contributed by atoms with E-state index in [1.54, 1.807) is 24.8 Å². The van der Waals surface area contributed by atoms with Gasteiger partial charge in [0.1, 0.15) is 28.2 Å². The average molecular weight is 363 g/mol. The Labute approximate surface area is 154 Å². The summed E-state index contributed by atoms with van der Waals surface area (Å²) in [6.45, 7) is 0. The normalized spacial score (nSPS) is 17.3. The quantitative estimate of drug-likeness (QED) is 0.276. The molecule has 1 unspecified atom stereocenters. The molecule has 0 aromatic heterocycles. The van der Waals surface area contributed by atoms with E-state index >= 15 is 0 Å². The molecule has 0 fully saturated rings. The molecule has 0 spiro atoms. The van der Waals surface area contributed by atoms with Gasteiger partial charge in [-0.05, 0) is 0 Å². The fraction of sp³-hybridized carbons (Fsp3) is 0.529. The molecule has 1 rings (SSSR count). The summed E-state index contributed by atoms with van der Waals surface area (Å²) in [7, 11) is 14.9. The van der Waals surface area contributed by atoms with Crippen LogP contribution in [0.15, 0.2) is 33.7 Å². The van der Waals surface area contributed by atoms with Gasteiger partial charge >= 0.3 is 6.04 Å². The highest BCUT2D eigenvalue weighted by atomic mass is 16.6. The van der Waals surface area contributed by atoms with E-state index in [0.29, 0.717) is 22.6 Å². The van der Waals surface area contributed by atoms with Gasteiger partial charge in [-0.15, -0.1) is 10.2 Å². The third-order valence-corrected chi connectivity index (χ3v) is 3.17. The topological polar surface area (TPSA) is 80.4 Å². The molecule has 1 atom stereocenters. The summed E-state index contributed by atoms with van der Waals surface area (Å²) in [5.41, 5.74) is 1.94. The van der Waals surface area contributed by atoms with Crippen molar-refractivity contribution in [1.82, 2.24) is 9.80 Å². The highest BCUT2D eigenvalue weighted by molar-refractivity contribution is 6.33. The van der Waals surface area contributed by atoms with Gasteiger partial charge < -0.3 is 9.80 Å². The van der Waals surface area contributed by atoms with Gasteiger partial charge in [-0.2, -0.15) is 0 Å². The summed E-state index contributed by atoms with van der Waals surface area (Å²) in [6, 6.07) is -1.13. The number of hydrogen-bond donors (Lipinski definition) is 0. The average Bonchev–Trinajstić information content (AvgIpc) is 2.88. The number of nitro groups is 1. The van der Waals surface area contributed by atoms with E-state index in [4.69, 9.17) is 0 Å². The van der Waals surface area contributed by atoms with Crippen molar-refractivity contribution in [1.29, 1.82) is 0 Å². The molecule has 1 aliphatic heterocycles. The zero-order chi connectivity index (χ0) is 20.0. The van der Waals surface area contributed by atoms with E-state index in [-0.39, 0.29) is 4.92 Å². The van der Waals surface area contributed by atoms with E-state index < -0.39 is 6.04 Å². The fourth-order valence-electron chi connectivity index (χ4n) is 2.42. The lowest BCUT2D eigenvalue weighted by Crippen LogP contribution is -2.38. The van der Waals surface area contributed by atoms with Gasteiger partial charge in [0.15, 0.2) is 23.9 Å².